The van der Waals surface area contributed by atoms with Gasteiger partial charge in [-0.2, -0.15) is 9.97 Å². The minimum absolute atomic E-state index is 0.0678. The lowest BCUT2D eigenvalue weighted by molar-refractivity contribution is -0.126. The number of likely N-dealkylation sites (N-methyl/N-ethyl adjacent to an activating group) is 1. The molecule has 1 atom stereocenters. The first-order valence-electron chi connectivity index (χ1n) is 12.3. The first-order valence-corrected chi connectivity index (χ1v) is 12.3. The molecule has 9 nitrogen and oxygen atoms in total. The molecule has 0 radical (unpaired) electrons. The van der Waals surface area contributed by atoms with Crippen molar-refractivity contribution in [1.29, 1.82) is 0 Å². The Morgan fingerprint density at radius 3 is 2.61 bits per heavy atom. The highest BCUT2D eigenvalue weighted by Gasteiger charge is 2.30. The number of hydrogen-bond acceptors (Lipinski definition) is 8. The summed E-state index contributed by atoms with van der Waals surface area (Å²) in [5.74, 6) is -0.232. The Balaban J connectivity index is 1.66. The third-order valence-corrected chi connectivity index (χ3v) is 6.64. The molecule has 1 fully saturated rings. The first-order chi connectivity index (χ1) is 17.2. The molecule has 36 heavy (non-hydrogen) atoms. The number of phenols is 1. The largest absolute Gasteiger partial charge is 0.503 e. The summed E-state index contributed by atoms with van der Waals surface area (Å²) in [6, 6.07) is 3.25. The van der Waals surface area contributed by atoms with Crippen LogP contribution in [-0.4, -0.2) is 90.2 Å². The van der Waals surface area contributed by atoms with Crippen molar-refractivity contribution in [2.45, 2.75) is 32.9 Å². The summed E-state index contributed by atoms with van der Waals surface area (Å²) < 4.78 is 20.3. The number of hydrogen-bond donors (Lipinski definition) is 1. The number of aromatic hydroxyl groups is 1. The highest BCUT2D eigenvalue weighted by Crippen LogP contribution is 2.38. The van der Waals surface area contributed by atoms with Gasteiger partial charge in [0, 0.05) is 44.8 Å². The van der Waals surface area contributed by atoms with Gasteiger partial charge in [0.15, 0.2) is 11.6 Å². The maximum absolute atomic E-state index is 14.2. The van der Waals surface area contributed by atoms with E-state index in [0.29, 0.717) is 63.9 Å². The molecule has 1 amide bonds. The minimum atomic E-state index is -0.641. The summed E-state index contributed by atoms with van der Waals surface area (Å²) in [7, 11) is 3.96. The quantitative estimate of drug-likeness (QED) is 0.583. The number of aromatic nitrogens is 2. The number of fused-ring (bicyclic) bond motifs is 1. The number of ether oxygens (including phenoxy) is 1. The average molecular weight is 499 g/mol. The number of amides is 1. The van der Waals surface area contributed by atoms with Crippen molar-refractivity contribution in [3.8, 4) is 11.8 Å². The van der Waals surface area contributed by atoms with Gasteiger partial charge in [0.1, 0.15) is 11.9 Å². The van der Waals surface area contributed by atoms with Crippen molar-refractivity contribution in [1.82, 2.24) is 19.8 Å². The number of rotatable bonds is 7. The van der Waals surface area contributed by atoms with Crippen molar-refractivity contribution in [2.75, 3.05) is 63.2 Å². The molecule has 1 saturated heterocycles. The Bertz CT molecular complexity index is 1130. The van der Waals surface area contributed by atoms with E-state index in [2.05, 4.69) is 11.5 Å². The van der Waals surface area contributed by atoms with Crippen LogP contribution in [0.1, 0.15) is 23.7 Å². The zero-order valence-corrected chi connectivity index (χ0v) is 21.5. The van der Waals surface area contributed by atoms with Crippen molar-refractivity contribution in [3.63, 3.8) is 0 Å². The smallest absolute Gasteiger partial charge is 0.318 e. The van der Waals surface area contributed by atoms with Crippen molar-refractivity contribution in [3.05, 3.63) is 47.4 Å². The lowest BCUT2D eigenvalue weighted by Crippen LogP contribution is -2.49. The number of benzene rings is 1. The molecule has 1 aromatic heterocycles. The summed E-state index contributed by atoms with van der Waals surface area (Å²) in [6.07, 6.45) is 1.86. The van der Waals surface area contributed by atoms with Gasteiger partial charge in [0.25, 0.3) is 0 Å². The number of anilines is 2. The van der Waals surface area contributed by atoms with Gasteiger partial charge >= 0.3 is 6.01 Å². The van der Waals surface area contributed by atoms with Crippen molar-refractivity contribution < 1.29 is 19.0 Å². The molecule has 4 rings (SSSR count). The van der Waals surface area contributed by atoms with Crippen LogP contribution in [-0.2, 0) is 17.8 Å². The summed E-state index contributed by atoms with van der Waals surface area (Å²) in [4.78, 5) is 29.6. The molecule has 0 saturated carbocycles. The number of carbonyl (C=O) groups is 1. The van der Waals surface area contributed by atoms with Gasteiger partial charge in [-0.1, -0.05) is 12.6 Å². The molecule has 194 valence electrons. The van der Waals surface area contributed by atoms with E-state index in [0.717, 1.165) is 22.6 Å². The number of carbonyl (C=O) groups excluding carboxylic acids is 1. The molecule has 2 aliphatic rings. The number of halogens is 1. The third kappa shape index (κ3) is 5.38. The van der Waals surface area contributed by atoms with Gasteiger partial charge < -0.3 is 29.4 Å². The standard InChI is InChI=1S/C26H35FN6O3/c1-6-22(34)31-11-13-32(14-12-31)25-19-9-10-33(23-17(2)7-8-20(27)24(23)35)16-21(19)28-26(29-25)36-18(3)15-30(4)5/h6-8,18,35H,1,9-16H2,2-5H3. The predicted molar refractivity (Wildman–Crippen MR) is 137 cm³/mol. The molecule has 0 bridgehead atoms. The second-order valence-electron chi connectivity index (χ2n) is 9.70. The van der Waals surface area contributed by atoms with E-state index >= 15 is 0 Å². The molecule has 2 aromatic rings. The molecular formula is C26H35FN6O3. The van der Waals surface area contributed by atoms with Gasteiger partial charge in [0.05, 0.1) is 17.9 Å². The van der Waals surface area contributed by atoms with E-state index in [9.17, 15) is 14.3 Å². The van der Waals surface area contributed by atoms with Gasteiger partial charge in [-0.05, 0) is 52.1 Å². The minimum Gasteiger partial charge on any atom is -0.503 e. The van der Waals surface area contributed by atoms with Crippen molar-refractivity contribution >= 4 is 17.4 Å². The number of nitrogens with zero attached hydrogens (tertiary/aromatic N) is 6. The fourth-order valence-corrected chi connectivity index (χ4v) is 4.95. The zero-order chi connectivity index (χ0) is 26.0. The van der Waals surface area contributed by atoms with Gasteiger partial charge in [-0.25, -0.2) is 4.39 Å². The van der Waals surface area contributed by atoms with Crippen LogP contribution in [0.2, 0.25) is 0 Å². The second kappa shape index (κ2) is 10.7. The van der Waals surface area contributed by atoms with E-state index in [1.165, 1.54) is 12.1 Å². The molecule has 1 unspecified atom stereocenters. The maximum Gasteiger partial charge on any atom is 0.318 e. The topological polar surface area (TPSA) is 85.3 Å². The van der Waals surface area contributed by atoms with E-state index in [4.69, 9.17) is 14.7 Å². The summed E-state index contributed by atoms with van der Waals surface area (Å²) in [5.41, 5.74) is 3.10. The van der Waals surface area contributed by atoms with Crippen LogP contribution in [0.15, 0.2) is 24.8 Å². The Kier molecular flexibility index (Phi) is 7.63. The van der Waals surface area contributed by atoms with Crippen LogP contribution in [0.4, 0.5) is 15.9 Å². The molecule has 0 spiro atoms. The monoisotopic (exact) mass is 498 g/mol. The second-order valence-corrected chi connectivity index (χ2v) is 9.70. The Morgan fingerprint density at radius 1 is 1.22 bits per heavy atom. The lowest BCUT2D eigenvalue weighted by Gasteiger charge is -2.38. The van der Waals surface area contributed by atoms with E-state index in [1.807, 2.05) is 37.7 Å². The normalized spacial score (nSPS) is 16.7. The van der Waals surface area contributed by atoms with Crippen LogP contribution in [0.5, 0.6) is 11.8 Å². The molecule has 3 heterocycles. The molecular weight excluding hydrogens is 463 g/mol. The fourth-order valence-electron chi connectivity index (χ4n) is 4.95. The van der Waals surface area contributed by atoms with Crippen LogP contribution in [0, 0.1) is 12.7 Å². The SMILES string of the molecule is C=CC(=O)N1CCN(c2nc(OC(C)CN(C)C)nc3c2CCN(c2c(C)ccc(F)c2O)C3)CC1. The van der Waals surface area contributed by atoms with Crippen LogP contribution >= 0.6 is 0 Å². The van der Waals surface area contributed by atoms with E-state index in [-0.39, 0.29) is 17.8 Å². The highest BCUT2D eigenvalue weighted by molar-refractivity contribution is 5.87. The Morgan fingerprint density at radius 2 is 1.94 bits per heavy atom. The highest BCUT2D eigenvalue weighted by atomic mass is 19.1. The lowest BCUT2D eigenvalue weighted by atomic mass is 10.0. The first kappa shape index (κ1) is 25.7. The summed E-state index contributed by atoms with van der Waals surface area (Å²) in [5, 5.41) is 10.5. The number of phenolic OH excluding ortho intramolecular Hbond substituents is 1. The Labute approximate surface area is 211 Å². The predicted octanol–water partition coefficient (Wildman–Crippen LogP) is 2.36. The molecule has 1 N–H and O–H groups in total. The van der Waals surface area contributed by atoms with Gasteiger partial charge in [0.2, 0.25) is 5.91 Å². The summed E-state index contributed by atoms with van der Waals surface area (Å²) in [6.45, 7) is 11.6. The number of piperazine rings is 1. The zero-order valence-electron chi connectivity index (χ0n) is 21.5. The summed E-state index contributed by atoms with van der Waals surface area (Å²) >= 11 is 0. The van der Waals surface area contributed by atoms with Crippen molar-refractivity contribution in [2.24, 2.45) is 0 Å². The van der Waals surface area contributed by atoms with E-state index in [1.54, 1.807) is 11.0 Å². The fraction of sp³-hybridized carbons (Fsp3) is 0.500. The molecule has 0 aliphatic carbocycles. The van der Waals surface area contributed by atoms with E-state index < -0.39 is 5.82 Å². The maximum atomic E-state index is 14.2. The van der Waals surface area contributed by atoms with Crippen LogP contribution < -0.4 is 14.5 Å². The Hall–Kier alpha value is -3.40. The van der Waals surface area contributed by atoms with Gasteiger partial charge in [-0.3, -0.25) is 4.79 Å². The molecule has 1 aromatic carbocycles. The average Bonchev–Trinajstić information content (AvgIpc) is 2.85. The van der Waals surface area contributed by atoms with Crippen LogP contribution in [0.3, 0.4) is 0 Å². The third-order valence-electron chi connectivity index (χ3n) is 6.64. The van der Waals surface area contributed by atoms with Gasteiger partial charge in [-0.15, -0.1) is 0 Å². The number of aryl methyl sites for hydroxylation is 1. The van der Waals surface area contributed by atoms with Crippen LogP contribution in [0.25, 0.3) is 0 Å². The molecule has 10 heteroatoms. The molecule has 2 aliphatic heterocycles.